The minimum atomic E-state index is -3.89. The van der Waals surface area contributed by atoms with Gasteiger partial charge in [-0.3, -0.25) is 0 Å². The van der Waals surface area contributed by atoms with Gasteiger partial charge in [-0.05, 0) is 38.1 Å². The van der Waals surface area contributed by atoms with Gasteiger partial charge in [0.1, 0.15) is 13.8 Å². The molecule has 1 aromatic rings. The van der Waals surface area contributed by atoms with Crippen LogP contribution in [0.3, 0.4) is 0 Å². The molecule has 0 fully saturated rings. The topological polar surface area (TPSA) is 7.94 Å². The Hall–Kier alpha value is -1.87. The lowest BCUT2D eigenvalue weighted by Crippen LogP contribution is -2.50. The Bertz CT molecular complexity index is 915. The molecule has 1 aromatic heterocycles. The van der Waals surface area contributed by atoms with Crippen molar-refractivity contribution in [1.82, 2.24) is 4.48 Å². The van der Waals surface area contributed by atoms with E-state index in [0.717, 1.165) is 16.7 Å². The van der Waals surface area contributed by atoms with E-state index in [4.69, 9.17) is 0 Å². The minimum Gasteiger partial charge on any atom is -0.394 e. The first-order chi connectivity index (χ1) is 10.9. The Labute approximate surface area is 143 Å². The van der Waals surface area contributed by atoms with Gasteiger partial charge in [0.05, 0.1) is 5.57 Å². The third kappa shape index (κ3) is 2.34. The van der Waals surface area contributed by atoms with Crippen molar-refractivity contribution in [3.63, 3.8) is 0 Å². The van der Waals surface area contributed by atoms with Crippen LogP contribution in [0.2, 0.25) is 19.6 Å². The third-order valence-electron chi connectivity index (χ3n) is 4.84. The number of halogens is 2. The van der Waals surface area contributed by atoms with Gasteiger partial charge in [0.2, 0.25) is 0 Å². The SMILES string of the molecule is CC1=C(C#C[Si](C)(C)C)C2=Cc3cc(C)c(C)n3[B-](F)(F)[N+]2=C1C. The summed E-state index contributed by atoms with van der Waals surface area (Å²) in [5.74, 6) is 3.22. The quantitative estimate of drug-likeness (QED) is 0.488. The van der Waals surface area contributed by atoms with Crippen molar-refractivity contribution in [3.8, 4) is 11.5 Å². The highest BCUT2D eigenvalue weighted by molar-refractivity contribution is 6.83. The second kappa shape index (κ2) is 5.06. The first-order valence-electron chi connectivity index (χ1n) is 8.25. The molecule has 126 valence electrons. The van der Waals surface area contributed by atoms with Gasteiger partial charge < -0.3 is 17.6 Å². The summed E-state index contributed by atoms with van der Waals surface area (Å²) in [6, 6.07) is 1.84. The molecule has 2 aliphatic rings. The zero-order valence-electron chi connectivity index (χ0n) is 15.4. The van der Waals surface area contributed by atoms with Crippen LogP contribution in [0.1, 0.15) is 30.8 Å². The zero-order chi connectivity index (χ0) is 18.0. The Morgan fingerprint density at radius 2 is 1.75 bits per heavy atom. The highest BCUT2D eigenvalue weighted by atomic mass is 28.3. The summed E-state index contributed by atoms with van der Waals surface area (Å²) in [7, 11) is -1.58. The molecule has 0 aliphatic carbocycles. The average molecular weight is 344 g/mol. The highest BCUT2D eigenvalue weighted by Gasteiger charge is 2.54. The molecule has 0 saturated heterocycles. The summed E-state index contributed by atoms with van der Waals surface area (Å²) in [4.78, 5) is 0. The molecule has 0 saturated carbocycles. The zero-order valence-corrected chi connectivity index (χ0v) is 16.4. The van der Waals surface area contributed by atoms with E-state index < -0.39 is 15.0 Å². The molecule has 2 nitrogen and oxygen atoms in total. The maximum atomic E-state index is 15.3. The second-order valence-electron chi connectivity index (χ2n) is 7.78. The molecule has 0 aromatic carbocycles. The van der Waals surface area contributed by atoms with Crippen LogP contribution in [0.4, 0.5) is 8.63 Å². The number of rotatable bonds is 0. The summed E-state index contributed by atoms with van der Waals surface area (Å²) in [6.45, 7) is 9.86. The normalized spacial score (nSPS) is 19.0. The maximum absolute atomic E-state index is 15.3. The molecular weight excluding hydrogens is 321 g/mol. The van der Waals surface area contributed by atoms with Crippen molar-refractivity contribution in [1.29, 1.82) is 0 Å². The van der Waals surface area contributed by atoms with Gasteiger partial charge in [0.15, 0.2) is 5.70 Å². The lowest BCUT2D eigenvalue weighted by molar-refractivity contribution is -0.362. The number of hydrogen-bond donors (Lipinski definition) is 0. The highest BCUT2D eigenvalue weighted by Crippen LogP contribution is 2.38. The summed E-state index contributed by atoms with van der Waals surface area (Å²) < 4.78 is 33.0. The second-order valence-corrected chi connectivity index (χ2v) is 12.5. The molecule has 0 bridgehead atoms. The van der Waals surface area contributed by atoms with Crippen LogP contribution in [0.15, 0.2) is 22.9 Å². The molecule has 0 radical (unpaired) electrons. The minimum absolute atomic E-state index is 0.547. The fraction of sp³-hybridized carbons (Fsp3) is 0.389. The van der Waals surface area contributed by atoms with E-state index >= 15 is 8.63 Å². The van der Waals surface area contributed by atoms with Crippen LogP contribution in [-0.2, 0) is 0 Å². The molecule has 0 amide bonds. The largest absolute Gasteiger partial charge is 0.737 e. The van der Waals surface area contributed by atoms with Gasteiger partial charge in [-0.1, -0.05) is 25.6 Å². The molecular formula is C18H23BF2N2Si. The first kappa shape index (κ1) is 17.0. The van der Waals surface area contributed by atoms with Gasteiger partial charge in [-0.15, -0.1) is 5.54 Å². The molecule has 3 rings (SSSR count). The molecule has 24 heavy (non-hydrogen) atoms. The Morgan fingerprint density at radius 1 is 1.12 bits per heavy atom. The van der Waals surface area contributed by atoms with Crippen molar-refractivity contribution in [2.24, 2.45) is 0 Å². The number of nitrogens with zero attached hydrogens (tertiary/aromatic N) is 2. The van der Waals surface area contributed by atoms with Gasteiger partial charge >= 0.3 is 6.97 Å². The molecule has 6 heteroatoms. The Kier molecular flexibility index (Phi) is 3.58. The maximum Gasteiger partial charge on any atom is 0.737 e. The predicted octanol–water partition coefficient (Wildman–Crippen LogP) is 4.37. The van der Waals surface area contributed by atoms with E-state index in [0.29, 0.717) is 22.8 Å². The van der Waals surface area contributed by atoms with Crippen molar-refractivity contribution >= 4 is 26.8 Å². The van der Waals surface area contributed by atoms with E-state index in [1.807, 2.05) is 26.0 Å². The number of hydrogen-bond acceptors (Lipinski definition) is 0. The Balaban J connectivity index is 2.27. The molecule has 3 heterocycles. The molecule has 0 spiro atoms. The summed E-state index contributed by atoms with van der Waals surface area (Å²) in [6.07, 6.45) is 1.85. The monoisotopic (exact) mass is 344 g/mol. The first-order valence-corrected chi connectivity index (χ1v) is 11.8. The molecule has 2 aliphatic heterocycles. The van der Waals surface area contributed by atoms with Gasteiger partial charge in [0, 0.05) is 24.3 Å². The van der Waals surface area contributed by atoms with Crippen molar-refractivity contribution < 1.29 is 13.1 Å². The smallest absolute Gasteiger partial charge is 0.394 e. The predicted molar refractivity (Wildman–Crippen MR) is 100 cm³/mol. The van der Waals surface area contributed by atoms with Crippen molar-refractivity contribution in [2.45, 2.75) is 47.3 Å². The van der Waals surface area contributed by atoms with E-state index in [2.05, 4.69) is 31.1 Å². The van der Waals surface area contributed by atoms with E-state index in [1.165, 1.54) is 8.96 Å². The molecule has 0 N–H and O–H groups in total. The number of aryl methyl sites for hydroxylation is 1. The number of fused-ring (bicyclic) bond motifs is 2. The van der Waals surface area contributed by atoms with Crippen LogP contribution in [0.25, 0.3) is 6.08 Å². The van der Waals surface area contributed by atoms with Crippen LogP contribution >= 0.6 is 0 Å². The van der Waals surface area contributed by atoms with Crippen LogP contribution in [-0.4, -0.2) is 29.7 Å². The van der Waals surface area contributed by atoms with E-state index in [9.17, 15) is 0 Å². The van der Waals surface area contributed by atoms with Crippen molar-refractivity contribution in [3.05, 3.63) is 39.9 Å². The van der Waals surface area contributed by atoms with Crippen LogP contribution in [0, 0.1) is 25.3 Å². The summed E-state index contributed by atoms with van der Waals surface area (Å²) in [5.41, 5.74) is 8.15. The van der Waals surface area contributed by atoms with Gasteiger partial charge in [0.25, 0.3) is 0 Å². The van der Waals surface area contributed by atoms with Crippen LogP contribution < -0.4 is 0 Å². The van der Waals surface area contributed by atoms with Gasteiger partial charge in [-0.2, -0.15) is 0 Å². The average Bonchev–Trinajstić information content (AvgIpc) is 2.84. The molecule has 0 unspecified atom stereocenters. The fourth-order valence-corrected chi connectivity index (χ4v) is 3.86. The number of aromatic nitrogens is 1. The molecule has 0 atom stereocenters. The summed E-state index contributed by atoms with van der Waals surface area (Å²) >= 11 is 0. The van der Waals surface area contributed by atoms with E-state index in [1.54, 1.807) is 13.8 Å². The third-order valence-corrected chi connectivity index (χ3v) is 5.71. The number of allylic oxidation sites excluding steroid dienone is 2. The lowest BCUT2D eigenvalue weighted by Gasteiger charge is -2.30. The lowest BCUT2D eigenvalue weighted by atomic mass is 9.90. The van der Waals surface area contributed by atoms with Crippen molar-refractivity contribution in [2.75, 3.05) is 0 Å². The Morgan fingerprint density at radius 3 is 2.33 bits per heavy atom. The van der Waals surface area contributed by atoms with Gasteiger partial charge in [-0.25, -0.2) is 0 Å². The standard InChI is InChI=1S/C18H23BF2N2Si/c1-12-10-16-11-18-17(8-9-24(5,6)7)13(2)15(4)23(18)19(20,21)22(16)14(12)3/h10-11H,1-7H3. The fourth-order valence-electron chi connectivity index (χ4n) is 3.36. The van der Waals surface area contributed by atoms with E-state index in [-0.39, 0.29) is 0 Å². The summed E-state index contributed by atoms with van der Waals surface area (Å²) in [5, 5.41) is 0. The van der Waals surface area contributed by atoms with Crippen LogP contribution in [0.5, 0.6) is 0 Å².